The number of para-hydroxylation sites is 1. The first-order valence-corrected chi connectivity index (χ1v) is 9.40. The Labute approximate surface area is 169 Å². The van der Waals surface area contributed by atoms with E-state index >= 15 is 0 Å². The first-order chi connectivity index (χ1) is 14.2. The summed E-state index contributed by atoms with van der Waals surface area (Å²) >= 11 is 0. The van der Waals surface area contributed by atoms with E-state index in [0.29, 0.717) is 29.2 Å². The van der Waals surface area contributed by atoms with Crippen LogP contribution in [-0.4, -0.2) is 30.5 Å². The van der Waals surface area contributed by atoms with Crippen LogP contribution in [0.3, 0.4) is 0 Å². The molecule has 6 nitrogen and oxygen atoms in total. The average molecular weight is 389 g/mol. The molecule has 0 radical (unpaired) electrons. The lowest BCUT2D eigenvalue weighted by molar-refractivity contribution is 0.0601. The molecule has 0 bridgehead atoms. The highest BCUT2D eigenvalue weighted by Gasteiger charge is 2.12. The summed E-state index contributed by atoms with van der Waals surface area (Å²) in [6, 6.07) is 20.6. The normalized spacial score (nSPS) is 10.2. The summed E-state index contributed by atoms with van der Waals surface area (Å²) in [7, 11) is 1.34. The minimum absolute atomic E-state index is 0.233. The van der Waals surface area contributed by atoms with Gasteiger partial charge in [-0.25, -0.2) is 4.79 Å². The predicted molar refractivity (Wildman–Crippen MR) is 112 cm³/mol. The highest BCUT2D eigenvalue weighted by Crippen LogP contribution is 2.21. The van der Waals surface area contributed by atoms with E-state index in [9.17, 15) is 9.59 Å². The van der Waals surface area contributed by atoms with Crippen molar-refractivity contribution in [1.29, 1.82) is 0 Å². The Hall–Kier alpha value is -3.67. The number of hydrogen-bond acceptors (Lipinski definition) is 5. The molecule has 0 spiro atoms. The number of amides is 1. The van der Waals surface area contributed by atoms with Gasteiger partial charge in [-0.1, -0.05) is 42.5 Å². The van der Waals surface area contributed by atoms with Crippen molar-refractivity contribution in [2.75, 3.05) is 19.0 Å². The maximum atomic E-state index is 12.4. The number of ether oxygens (including phenoxy) is 1. The Balaban J connectivity index is 1.59. The molecule has 29 heavy (non-hydrogen) atoms. The molecule has 2 aromatic carbocycles. The lowest BCUT2D eigenvalue weighted by Crippen LogP contribution is -2.25. The number of aromatic nitrogens is 1. The second kappa shape index (κ2) is 10.0. The Morgan fingerprint density at radius 3 is 2.55 bits per heavy atom. The molecule has 0 fully saturated rings. The molecule has 2 N–H and O–H groups in total. The molecule has 0 aliphatic carbocycles. The minimum Gasteiger partial charge on any atom is -0.465 e. The molecule has 1 heterocycles. The first kappa shape index (κ1) is 20.1. The van der Waals surface area contributed by atoms with E-state index in [1.807, 2.05) is 24.3 Å². The fourth-order valence-electron chi connectivity index (χ4n) is 2.90. The van der Waals surface area contributed by atoms with Crippen LogP contribution in [0.2, 0.25) is 0 Å². The Bertz CT molecular complexity index is 974. The molecule has 6 heteroatoms. The zero-order valence-electron chi connectivity index (χ0n) is 16.2. The number of esters is 1. The largest absolute Gasteiger partial charge is 0.465 e. The number of hydrogen-bond donors (Lipinski definition) is 2. The average Bonchev–Trinajstić information content (AvgIpc) is 2.77. The molecule has 3 rings (SSSR count). The van der Waals surface area contributed by atoms with Crippen LogP contribution < -0.4 is 10.6 Å². The Morgan fingerprint density at radius 2 is 1.76 bits per heavy atom. The third-order valence-corrected chi connectivity index (χ3v) is 4.37. The molecule has 148 valence electrons. The third-order valence-electron chi connectivity index (χ3n) is 4.37. The highest BCUT2D eigenvalue weighted by atomic mass is 16.5. The highest BCUT2D eigenvalue weighted by molar-refractivity contribution is 5.97. The quantitative estimate of drug-likeness (QED) is 0.450. The lowest BCUT2D eigenvalue weighted by atomic mass is 10.1. The van der Waals surface area contributed by atoms with E-state index < -0.39 is 5.97 Å². The van der Waals surface area contributed by atoms with Crippen molar-refractivity contribution in [3.05, 3.63) is 89.7 Å². The van der Waals surface area contributed by atoms with E-state index in [2.05, 4.69) is 27.8 Å². The van der Waals surface area contributed by atoms with Gasteiger partial charge in [0.05, 0.1) is 18.4 Å². The maximum absolute atomic E-state index is 12.4. The van der Waals surface area contributed by atoms with Crippen LogP contribution >= 0.6 is 0 Å². The van der Waals surface area contributed by atoms with E-state index in [0.717, 1.165) is 12.8 Å². The number of benzene rings is 2. The molecular weight excluding hydrogens is 366 g/mol. The number of anilines is 2. The van der Waals surface area contributed by atoms with Gasteiger partial charge in [-0.2, -0.15) is 0 Å². The zero-order chi connectivity index (χ0) is 20.5. The third kappa shape index (κ3) is 5.65. The fourth-order valence-corrected chi connectivity index (χ4v) is 2.90. The smallest absolute Gasteiger partial charge is 0.339 e. The standard InChI is InChI=1S/C23H23N3O3/c1-29-23(28)19-11-5-6-12-20(19)26-18-13-15-24-21(16-18)22(27)25-14-7-10-17-8-3-2-4-9-17/h2-6,8-9,11-13,15-16H,7,10,14H2,1H3,(H,24,26)(H,25,27). The van der Waals surface area contributed by atoms with Crippen molar-refractivity contribution in [1.82, 2.24) is 10.3 Å². The molecule has 0 atom stereocenters. The lowest BCUT2D eigenvalue weighted by Gasteiger charge is -2.11. The molecule has 0 aliphatic heterocycles. The van der Waals surface area contributed by atoms with Crippen LogP contribution in [0.4, 0.5) is 11.4 Å². The minimum atomic E-state index is -0.432. The molecule has 0 aliphatic rings. The van der Waals surface area contributed by atoms with Gasteiger partial charge in [0.25, 0.3) is 5.91 Å². The van der Waals surface area contributed by atoms with Crippen LogP contribution in [0.25, 0.3) is 0 Å². The summed E-state index contributed by atoms with van der Waals surface area (Å²) in [6.07, 6.45) is 3.31. The maximum Gasteiger partial charge on any atom is 0.339 e. The van der Waals surface area contributed by atoms with Crippen molar-refractivity contribution in [2.24, 2.45) is 0 Å². The molecule has 0 unspecified atom stereocenters. The van der Waals surface area contributed by atoms with Crippen LogP contribution in [-0.2, 0) is 11.2 Å². The van der Waals surface area contributed by atoms with Crippen LogP contribution in [0, 0.1) is 0 Å². The predicted octanol–water partition coefficient (Wildman–Crippen LogP) is 3.97. The molecule has 0 saturated heterocycles. The zero-order valence-corrected chi connectivity index (χ0v) is 16.2. The van der Waals surface area contributed by atoms with E-state index in [1.54, 1.807) is 36.5 Å². The van der Waals surface area contributed by atoms with E-state index in [-0.39, 0.29) is 5.91 Å². The van der Waals surface area contributed by atoms with Crippen molar-refractivity contribution in [3.8, 4) is 0 Å². The summed E-state index contributed by atoms with van der Waals surface area (Å²) in [6.45, 7) is 0.568. The number of pyridine rings is 1. The van der Waals surface area contributed by atoms with Gasteiger partial charge in [0.2, 0.25) is 0 Å². The molecule has 3 aromatic rings. The van der Waals surface area contributed by atoms with Gasteiger partial charge in [-0.15, -0.1) is 0 Å². The summed E-state index contributed by atoms with van der Waals surface area (Å²) in [5.41, 5.74) is 3.23. The summed E-state index contributed by atoms with van der Waals surface area (Å²) in [5, 5.41) is 6.05. The van der Waals surface area contributed by atoms with Crippen LogP contribution in [0.15, 0.2) is 72.9 Å². The van der Waals surface area contributed by atoms with Gasteiger partial charge in [0.15, 0.2) is 0 Å². The number of nitrogens with zero attached hydrogens (tertiary/aromatic N) is 1. The summed E-state index contributed by atoms with van der Waals surface area (Å²) in [4.78, 5) is 28.5. The number of rotatable bonds is 8. The number of carbonyl (C=O) groups is 2. The van der Waals surface area contributed by atoms with Crippen molar-refractivity contribution < 1.29 is 14.3 Å². The number of aryl methyl sites for hydroxylation is 1. The van der Waals surface area contributed by atoms with E-state index in [4.69, 9.17) is 4.74 Å². The Morgan fingerprint density at radius 1 is 1.00 bits per heavy atom. The monoisotopic (exact) mass is 389 g/mol. The van der Waals surface area contributed by atoms with Crippen LogP contribution in [0.5, 0.6) is 0 Å². The van der Waals surface area contributed by atoms with Gasteiger partial charge >= 0.3 is 5.97 Å². The van der Waals surface area contributed by atoms with Crippen molar-refractivity contribution >= 4 is 23.3 Å². The number of carbonyl (C=O) groups excluding carboxylic acids is 2. The Kier molecular flexibility index (Phi) is 6.95. The topological polar surface area (TPSA) is 80.3 Å². The number of nitrogens with one attached hydrogen (secondary N) is 2. The van der Waals surface area contributed by atoms with Gasteiger partial charge in [0.1, 0.15) is 5.69 Å². The molecular formula is C23H23N3O3. The van der Waals surface area contributed by atoms with Gasteiger partial charge in [0, 0.05) is 18.4 Å². The van der Waals surface area contributed by atoms with Gasteiger partial charge in [-0.05, 0) is 42.7 Å². The van der Waals surface area contributed by atoms with Gasteiger partial charge in [-0.3, -0.25) is 9.78 Å². The molecule has 1 aromatic heterocycles. The molecule has 1 amide bonds. The summed E-state index contributed by atoms with van der Waals surface area (Å²) in [5.74, 6) is -0.665. The van der Waals surface area contributed by atoms with Crippen molar-refractivity contribution in [2.45, 2.75) is 12.8 Å². The first-order valence-electron chi connectivity index (χ1n) is 9.40. The number of methoxy groups -OCH3 is 1. The SMILES string of the molecule is COC(=O)c1ccccc1Nc1ccnc(C(=O)NCCCc2ccccc2)c1. The fraction of sp³-hybridized carbons (Fsp3) is 0.174. The summed E-state index contributed by atoms with van der Waals surface area (Å²) < 4.78 is 4.81. The molecule has 0 saturated carbocycles. The second-order valence-corrected chi connectivity index (χ2v) is 6.44. The second-order valence-electron chi connectivity index (χ2n) is 6.44. The van der Waals surface area contributed by atoms with Crippen molar-refractivity contribution in [3.63, 3.8) is 0 Å². The van der Waals surface area contributed by atoms with Gasteiger partial charge < -0.3 is 15.4 Å². The van der Waals surface area contributed by atoms with E-state index in [1.165, 1.54) is 12.7 Å². The van der Waals surface area contributed by atoms with Crippen LogP contribution in [0.1, 0.15) is 32.8 Å².